The first kappa shape index (κ1) is 22.0. The van der Waals surface area contributed by atoms with Gasteiger partial charge in [-0.25, -0.2) is 4.79 Å². The lowest BCUT2D eigenvalue weighted by Gasteiger charge is -2.46. The van der Waals surface area contributed by atoms with Crippen LogP contribution in [0.2, 0.25) is 0 Å². The molecule has 1 aromatic carbocycles. The van der Waals surface area contributed by atoms with Crippen molar-refractivity contribution < 1.29 is 28.9 Å². The Kier molecular flexibility index (Phi) is 7.09. The second-order valence-corrected chi connectivity index (χ2v) is 8.58. The van der Waals surface area contributed by atoms with E-state index in [0.717, 1.165) is 24.8 Å². The Bertz CT molecular complexity index is 744. The second kappa shape index (κ2) is 9.97. The summed E-state index contributed by atoms with van der Waals surface area (Å²) >= 11 is 0. The molecule has 3 aliphatic rings. The van der Waals surface area contributed by atoms with Crippen LogP contribution in [0.3, 0.4) is 0 Å². The highest BCUT2D eigenvalue weighted by Gasteiger charge is 2.45. The molecule has 4 rings (SSSR count). The normalized spacial score (nSPS) is 23.6. The van der Waals surface area contributed by atoms with Gasteiger partial charge in [0.15, 0.2) is 5.79 Å². The van der Waals surface area contributed by atoms with Crippen LogP contribution in [0.4, 0.5) is 4.79 Å². The average molecular weight is 433 g/mol. The van der Waals surface area contributed by atoms with Crippen LogP contribution >= 0.6 is 0 Å². The molecule has 3 fully saturated rings. The van der Waals surface area contributed by atoms with E-state index in [1.165, 1.54) is 0 Å². The Hall–Kier alpha value is -2.16. The minimum Gasteiger partial charge on any atom is -0.445 e. The van der Waals surface area contributed by atoms with Crippen molar-refractivity contribution in [3.05, 3.63) is 35.9 Å². The number of hydrogen-bond acceptors (Lipinski definition) is 6. The lowest BCUT2D eigenvalue weighted by molar-refractivity contribution is -0.193. The van der Waals surface area contributed by atoms with E-state index in [1.54, 1.807) is 4.90 Å². The fourth-order valence-corrected chi connectivity index (χ4v) is 5.09. The number of ether oxygens (including phenoxy) is 3. The molecular weight excluding hydrogens is 400 g/mol. The van der Waals surface area contributed by atoms with Gasteiger partial charge in [-0.2, -0.15) is 0 Å². The van der Waals surface area contributed by atoms with Crippen LogP contribution in [0.25, 0.3) is 0 Å². The molecule has 1 unspecified atom stereocenters. The molecule has 8 heteroatoms. The predicted molar refractivity (Wildman–Crippen MR) is 112 cm³/mol. The van der Waals surface area contributed by atoms with Crippen molar-refractivity contribution in [1.29, 1.82) is 0 Å². The molecule has 1 aliphatic carbocycles. The van der Waals surface area contributed by atoms with Crippen LogP contribution in [-0.4, -0.2) is 77.7 Å². The molecule has 8 nitrogen and oxygen atoms in total. The number of rotatable bonds is 5. The number of carbonyl (C=O) groups excluding carboxylic acids is 2. The largest absolute Gasteiger partial charge is 0.445 e. The number of aliphatic hydroxyl groups is 1. The number of piperidine rings is 1. The topological polar surface area (TPSA) is 88.5 Å². The molecule has 2 aliphatic heterocycles. The first-order valence-corrected chi connectivity index (χ1v) is 11.3. The minimum atomic E-state index is -0.584. The predicted octanol–water partition coefficient (Wildman–Crippen LogP) is 2.29. The quantitative estimate of drug-likeness (QED) is 0.768. The van der Waals surface area contributed by atoms with Crippen molar-refractivity contribution in [3.63, 3.8) is 0 Å². The van der Waals surface area contributed by atoms with Gasteiger partial charge >= 0.3 is 6.09 Å². The highest BCUT2D eigenvalue weighted by atomic mass is 16.7. The number of likely N-dealkylation sites (tertiary alicyclic amines) is 1. The van der Waals surface area contributed by atoms with Crippen molar-refractivity contribution in [2.75, 3.05) is 32.9 Å². The SMILES string of the molecule is O=C(OCc1ccccc1)N1CCC(N(C(=O)CO)C2CCCC3(C2)OCCO3)CC1. The van der Waals surface area contributed by atoms with Crippen LogP contribution in [0.5, 0.6) is 0 Å². The number of amides is 2. The molecular formula is C23H32N2O6. The van der Waals surface area contributed by atoms with Crippen LogP contribution in [0, 0.1) is 0 Å². The molecule has 31 heavy (non-hydrogen) atoms. The molecule has 1 aromatic rings. The molecule has 0 radical (unpaired) electrons. The van der Waals surface area contributed by atoms with E-state index >= 15 is 0 Å². The summed E-state index contributed by atoms with van der Waals surface area (Å²) in [7, 11) is 0. The van der Waals surface area contributed by atoms with Gasteiger partial charge in [-0.1, -0.05) is 30.3 Å². The summed E-state index contributed by atoms with van der Waals surface area (Å²) in [6, 6.07) is 9.57. The summed E-state index contributed by atoms with van der Waals surface area (Å²) in [5.41, 5.74) is 0.952. The zero-order chi connectivity index (χ0) is 21.7. The summed E-state index contributed by atoms with van der Waals surface area (Å²) in [6.45, 7) is 1.97. The molecule has 170 valence electrons. The number of carbonyl (C=O) groups is 2. The molecule has 2 heterocycles. The zero-order valence-electron chi connectivity index (χ0n) is 17.9. The van der Waals surface area contributed by atoms with E-state index in [-0.39, 0.29) is 30.7 Å². The summed E-state index contributed by atoms with van der Waals surface area (Å²) in [4.78, 5) is 28.7. The van der Waals surface area contributed by atoms with Gasteiger partial charge in [0.1, 0.15) is 13.2 Å². The third-order valence-electron chi connectivity index (χ3n) is 6.59. The minimum absolute atomic E-state index is 0.0145. The molecule has 1 atom stereocenters. The van der Waals surface area contributed by atoms with E-state index in [0.29, 0.717) is 45.6 Å². The molecule has 2 saturated heterocycles. The van der Waals surface area contributed by atoms with Crippen molar-refractivity contribution in [1.82, 2.24) is 9.80 Å². The monoisotopic (exact) mass is 432 g/mol. The van der Waals surface area contributed by atoms with Gasteiger partial charge in [-0.3, -0.25) is 4.79 Å². The first-order chi connectivity index (χ1) is 15.1. The van der Waals surface area contributed by atoms with E-state index in [9.17, 15) is 14.7 Å². The van der Waals surface area contributed by atoms with Crippen LogP contribution < -0.4 is 0 Å². The lowest BCUT2D eigenvalue weighted by atomic mass is 9.87. The average Bonchev–Trinajstić information content (AvgIpc) is 3.26. The van der Waals surface area contributed by atoms with E-state index in [2.05, 4.69) is 0 Å². The van der Waals surface area contributed by atoms with E-state index in [1.807, 2.05) is 35.2 Å². The lowest BCUT2D eigenvalue weighted by Crippen LogP contribution is -2.56. The fraction of sp³-hybridized carbons (Fsp3) is 0.652. The Morgan fingerprint density at radius 3 is 2.48 bits per heavy atom. The highest BCUT2D eigenvalue weighted by Crippen LogP contribution is 2.39. The Morgan fingerprint density at radius 1 is 1.10 bits per heavy atom. The third-order valence-corrected chi connectivity index (χ3v) is 6.59. The first-order valence-electron chi connectivity index (χ1n) is 11.3. The van der Waals surface area contributed by atoms with Gasteiger partial charge < -0.3 is 29.1 Å². The van der Waals surface area contributed by atoms with Gasteiger partial charge in [-0.15, -0.1) is 0 Å². The molecule has 1 saturated carbocycles. The summed E-state index contributed by atoms with van der Waals surface area (Å²) in [5.74, 6) is -0.844. The number of nitrogens with zero attached hydrogens (tertiary/aromatic N) is 2. The molecule has 0 bridgehead atoms. The maximum Gasteiger partial charge on any atom is 0.410 e. The molecule has 1 spiro atoms. The summed E-state index contributed by atoms with van der Waals surface area (Å²) in [6.07, 6.45) is 4.28. The fourth-order valence-electron chi connectivity index (χ4n) is 5.09. The smallest absolute Gasteiger partial charge is 0.410 e. The summed E-state index contributed by atoms with van der Waals surface area (Å²) in [5, 5.41) is 9.60. The third kappa shape index (κ3) is 5.19. The second-order valence-electron chi connectivity index (χ2n) is 8.58. The Labute approximate surface area is 183 Å². The van der Waals surface area contributed by atoms with Crippen LogP contribution in [-0.2, 0) is 25.6 Å². The summed E-state index contributed by atoms with van der Waals surface area (Å²) < 4.78 is 17.2. The van der Waals surface area contributed by atoms with E-state index < -0.39 is 12.4 Å². The molecule has 2 amide bonds. The van der Waals surface area contributed by atoms with Crippen molar-refractivity contribution in [3.8, 4) is 0 Å². The zero-order valence-corrected chi connectivity index (χ0v) is 17.9. The van der Waals surface area contributed by atoms with Crippen molar-refractivity contribution in [2.45, 2.75) is 63.0 Å². The number of benzene rings is 1. The molecule has 0 aromatic heterocycles. The van der Waals surface area contributed by atoms with Crippen LogP contribution in [0.15, 0.2) is 30.3 Å². The van der Waals surface area contributed by atoms with Gasteiger partial charge in [0.05, 0.1) is 13.2 Å². The number of hydrogen-bond donors (Lipinski definition) is 1. The Morgan fingerprint density at radius 2 is 1.81 bits per heavy atom. The van der Waals surface area contributed by atoms with Crippen molar-refractivity contribution in [2.24, 2.45) is 0 Å². The van der Waals surface area contributed by atoms with Crippen LogP contribution in [0.1, 0.15) is 44.1 Å². The number of aliphatic hydroxyl groups excluding tert-OH is 1. The standard InChI is InChI=1S/C23H32N2O6/c26-16-21(27)25(20-7-4-10-23(15-20)30-13-14-31-23)19-8-11-24(12-9-19)22(28)29-17-18-5-2-1-3-6-18/h1-3,5-6,19-20,26H,4,7-17H2. The van der Waals surface area contributed by atoms with Crippen molar-refractivity contribution >= 4 is 12.0 Å². The van der Waals surface area contributed by atoms with Gasteiger partial charge in [0, 0.05) is 38.0 Å². The Balaban J connectivity index is 1.33. The van der Waals surface area contributed by atoms with Gasteiger partial charge in [0.25, 0.3) is 0 Å². The maximum atomic E-state index is 12.7. The van der Waals surface area contributed by atoms with Gasteiger partial charge in [0.2, 0.25) is 5.91 Å². The maximum absolute atomic E-state index is 12.7. The van der Waals surface area contributed by atoms with E-state index in [4.69, 9.17) is 14.2 Å². The highest BCUT2D eigenvalue weighted by molar-refractivity contribution is 5.78. The van der Waals surface area contributed by atoms with Gasteiger partial charge in [-0.05, 0) is 31.2 Å². The molecule has 1 N–H and O–H groups in total.